The van der Waals surface area contributed by atoms with Crippen molar-refractivity contribution in [3.8, 4) is 0 Å². The second-order valence-corrected chi connectivity index (χ2v) is 5.51. The van der Waals surface area contributed by atoms with Crippen molar-refractivity contribution in [1.29, 1.82) is 5.41 Å². The quantitative estimate of drug-likeness (QED) is 0.746. The summed E-state index contributed by atoms with van der Waals surface area (Å²) in [5, 5.41) is 10.0. The Bertz CT molecular complexity index is 457. The van der Waals surface area contributed by atoms with Gasteiger partial charge in [-0.15, -0.1) is 0 Å². The normalized spacial score (nSPS) is 21.8. The van der Waals surface area contributed by atoms with E-state index in [1.807, 2.05) is 18.2 Å². The lowest BCUT2D eigenvalue weighted by Gasteiger charge is -2.12. The van der Waals surface area contributed by atoms with E-state index in [1.54, 1.807) is 0 Å². The SMILES string of the molecule is CC(C)[C@H]1C[C@@H]1c1ccc(C=N)c(NCC(F)F)c1. The van der Waals surface area contributed by atoms with Crippen LogP contribution < -0.4 is 5.32 Å². The molecule has 0 aliphatic heterocycles. The Labute approximate surface area is 112 Å². The summed E-state index contributed by atoms with van der Waals surface area (Å²) in [6, 6.07) is 5.78. The van der Waals surface area contributed by atoms with Gasteiger partial charge in [0.2, 0.25) is 0 Å². The van der Waals surface area contributed by atoms with Gasteiger partial charge in [0, 0.05) is 17.5 Å². The highest BCUT2D eigenvalue weighted by atomic mass is 19.3. The molecule has 104 valence electrons. The molecule has 0 saturated heterocycles. The van der Waals surface area contributed by atoms with E-state index in [2.05, 4.69) is 19.2 Å². The van der Waals surface area contributed by atoms with Crippen LogP contribution in [0.3, 0.4) is 0 Å². The number of hydrogen-bond donors (Lipinski definition) is 2. The highest BCUT2D eigenvalue weighted by Gasteiger charge is 2.40. The van der Waals surface area contributed by atoms with Crippen LogP contribution in [0.2, 0.25) is 0 Å². The lowest BCUT2D eigenvalue weighted by molar-refractivity contribution is 0.163. The minimum absolute atomic E-state index is 0.372. The van der Waals surface area contributed by atoms with Crippen LogP contribution in [-0.4, -0.2) is 19.2 Å². The molecule has 1 aliphatic rings. The highest BCUT2D eigenvalue weighted by Crippen LogP contribution is 2.52. The maximum atomic E-state index is 12.3. The number of rotatable bonds is 6. The van der Waals surface area contributed by atoms with Crippen LogP contribution in [0.4, 0.5) is 14.5 Å². The molecule has 1 aliphatic carbocycles. The number of nitrogens with one attached hydrogen (secondary N) is 2. The summed E-state index contributed by atoms with van der Waals surface area (Å²) < 4.78 is 24.6. The van der Waals surface area contributed by atoms with Gasteiger partial charge in [-0.3, -0.25) is 0 Å². The molecule has 4 heteroatoms. The number of anilines is 1. The molecule has 0 heterocycles. The lowest BCUT2D eigenvalue weighted by atomic mass is 10.0. The molecule has 0 spiro atoms. The second-order valence-electron chi connectivity index (χ2n) is 5.51. The minimum Gasteiger partial charge on any atom is -0.379 e. The van der Waals surface area contributed by atoms with E-state index in [9.17, 15) is 8.78 Å². The van der Waals surface area contributed by atoms with Gasteiger partial charge in [-0.2, -0.15) is 0 Å². The van der Waals surface area contributed by atoms with Crippen molar-refractivity contribution in [2.24, 2.45) is 11.8 Å². The second kappa shape index (κ2) is 5.68. The fraction of sp³-hybridized carbons (Fsp3) is 0.533. The molecular weight excluding hydrogens is 246 g/mol. The maximum Gasteiger partial charge on any atom is 0.255 e. The van der Waals surface area contributed by atoms with E-state index in [4.69, 9.17) is 5.41 Å². The molecule has 0 radical (unpaired) electrons. The zero-order chi connectivity index (χ0) is 14.0. The van der Waals surface area contributed by atoms with Crippen molar-refractivity contribution < 1.29 is 8.78 Å². The predicted octanol–water partition coefficient (Wildman–Crippen LogP) is 4.12. The third kappa shape index (κ3) is 3.31. The Hall–Kier alpha value is -1.45. The topological polar surface area (TPSA) is 35.9 Å². The predicted molar refractivity (Wildman–Crippen MR) is 74.5 cm³/mol. The van der Waals surface area contributed by atoms with Crippen molar-refractivity contribution >= 4 is 11.9 Å². The highest BCUT2D eigenvalue weighted by molar-refractivity contribution is 5.86. The molecule has 2 rings (SSSR count). The van der Waals surface area contributed by atoms with Crippen LogP contribution in [0.15, 0.2) is 18.2 Å². The Morgan fingerprint density at radius 3 is 2.68 bits per heavy atom. The van der Waals surface area contributed by atoms with E-state index in [1.165, 1.54) is 18.2 Å². The van der Waals surface area contributed by atoms with Gasteiger partial charge in [-0.05, 0) is 35.8 Å². The Morgan fingerprint density at radius 1 is 1.42 bits per heavy atom. The van der Waals surface area contributed by atoms with Crippen molar-refractivity contribution in [3.05, 3.63) is 29.3 Å². The molecule has 0 bridgehead atoms. The van der Waals surface area contributed by atoms with Crippen LogP contribution in [-0.2, 0) is 0 Å². The first-order valence-corrected chi connectivity index (χ1v) is 6.69. The summed E-state index contributed by atoms with van der Waals surface area (Å²) in [5.41, 5.74) is 2.49. The zero-order valence-corrected chi connectivity index (χ0v) is 11.3. The van der Waals surface area contributed by atoms with Gasteiger partial charge in [0.05, 0.1) is 6.54 Å². The van der Waals surface area contributed by atoms with Gasteiger partial charge >= 0.3 is 0 Å². The summed E-state index contributed by atoms with van der Waals surface area (Å²) in [4.78, 5) is 0. The average Bonchev–Trinajstić information content (AvgIpc) is 3.16. The van der Waals surface area contributed by atoms with E-state index in [0.717, 1.165) is 0 Å². The monoisotopic (exact) mass is 266 g/mol. The molecular formula is C15H20F2N2. The summed E-state index contributed by atoms with van der Waals surface area (Å²) >= 11 is 0. The molecule has 2 N–H and O–H groups in total. The number of halogens is 2. The largest absolute Gasteiger partial charge is 0.379 e. The van der Waals surface area contributed by atoms with Gasteiger partial charge in [-0.1, -0.05) is 26.0 Å². The minimum atomic E-state index is -2.38. The molecule has 0 aromatic heterocycles. The van der Waals surface area contributed by atoms with Crippen LogP contribution in [0.1, 0.15) is 37.3 Å². The lowest BCUT2D eigenvalue weighted by Crippen LogP contribution is -2.11. The number of alkyl halides is 2. The van der Waals surface area contributed by atoms with Crippen LogP contribution in [0.5, 0.6) is 0 Å². The molecule has 2 nitrogen and oxygen atoms in total. The first-order valence-electron chi connectivity index (χ1n) is 6.69. The number of benzene rings is 1. The Morgan fingerprint density at radius 2 is 2.16 bits per heavy atom. The summed E-state index contributed by atoms with van der Waals surface area (Å²) in [5.74, 6) is 1.91. The first-order chi connectivity index (χ1) is 9.02. The van der Waals surface area contributed by atoms with Crippen molar-refractivity contribution in [1.82, 2.24) is 0 Å². The standard InChI is InChI=1S/C15H20F2N2/c1-9(2)12-6-13(12)10-3-4-11(7-18)14(5-10)19-8-15(16)17/h3-5,7,9,12-13,15,18-19H,6,8H2,1-2H3/t12-,13-/m1/s1. The molecule has 1 aromatic carbocycles. The molecule has 1 saturated carbocycles. The molecule has 2 atom stereocenters. The van der Waals surface area contributed by atoms with Gasteiger partial charge in [0.15, 0.2) is 0 Å². The van der Waals surface area contributed by atoms with E-state index in [-0.39, 0.29) is 6.54 Å². The fourth-order valence-corrected chi connectivity index (χ4v) is 2.61. The summed E-state index contributed by atoms with van der Waals surface area (Å²) in [6.45, 7) is 4.06. The smallest absolute Gasteiger partial charge is 0.255 e. The van der Waals surface area contributed by atoms with Gasteiger partial charge in [0.1, 0.15) is 0 Å². The van der Waals surface area contributed by atoms with Crippen LogP contribution >= 0.6 is 0 Å². The number of hydrogen-bond acceptors (Lipinski definition) is 2. The van der Waals surface area contributed by atoms with Crippen LogP contribution in [0, 0.1) is 17.2 Å². The van der Waals surface area contributed by atoms with Crippen molar-refractivity contribution in [2.75, 3.05) is 11.9 Å². The average molecular weight is 266 g/mol. The van der Waals surface area contributed by atoms with E-state index in [0.29, 0.717) is 29.0 Å². The Kier molecular flexibility index (Phi) is 4.17. The molecule has 0 amide bonds. The van der Waals surface area contributed by atoms with Gasteiger partial charge in [0.25, 0.3) is 6.43 Å². The zero-order valence-electron chi connectivity index (χ0n) is 11.3. The third-order valence-corrected chi connectivity index (χ3v) is 3.80. The van der Waals surface area contributed by atoms with Gasteiger partial charge in [-0.25, -0.2) is 8.78 Å². The Balaban J connectivity index is 2.14. The molecule has 1 fully saturated rings. The maximum absolute atomic E-state index is 12.3. The first kappa shape index (κ1) is 14.0. The van der Waals surface area contributed by atoms with E-state index >= 15 is 0 Å². The third-order valence-electron chi connectivity index (χ3n) is 3.80. The molecule has 0 unspecified atom stereocenters. The molecule has 1 aromatic rings. The summed E-state index contributed by atoms with van der Waals surface area (Å²) in [7, 11) is 0. The fourth-order valence-electron chi connectivity index (χ4n) is 2.61. The van der Waals surface area contributed by atoms with Crippen molar-refractivity contribution in [3.63, 3.8) is 0 Å². The van der Waals surface area contributed by atoms with Crippen molar-refractivity contribution in [2.45, 2.75) is 32.6 Å². The molecule has 19 heavy (non-hydrogen) atoms. The van der Waals surface area contributed by atoms with E-state index < -0.39 is 6.43 Å². The van der Waals surface area contributed by atoms with Gasteiger partial charge < -0.3 is 10.7 Å². The summed E-state index contributed by atoms with van der Waals surface area (Å²) in [6.07, 6.45) is -0.00750. The van der Waals surface area contributed by atoms with Crippen LogP contribution in [0.25, 0.3) is 0 Å².